The summed E-state index contributed by atoms with van der Waals surface area (Å²) in [5.74, 6) is -0.866. The fourth-order valence-corrected chi connectivity index (χ4v) is 3.67. The highest BCUT2D eigenvalue weighted by Gasteiger charge is 2.27. The summed E-state index contributed by atoms with van der Waals surface area (Å²) in [7, 11) is 0. The second kappa shape index (κ2) is 7.09. The Morgan fingerprint density at radius 3 is 2.59 bits per heavy atom. The molecule has 0 atom stereocenters. The zero-order valence-corrected chi connectivity index (χ0v) is 15.2. The van der Waals surface area contributed by atoms with Crippen molar-refractivity contribution in [1.82, 2.24) is 0 Å². The number of ketones is 1. The lowest BCUT2D eigenvalue weighted by atomic mass is 9.88. The van der Waals surface area contributed by atoms with Crippen molar-refractivity contribution in [3.05, 3.63) is 104 Å². The summed E-state index contributed by atoms with van der Waals surface area (Å²) in [6.45, 7) is 3.97. The van der Waals surface area contributed by atoms with Gasteiger partial charge in [-0.1, -0.05) is 49.0 Å². The molecule has 0 aliphatic carbocycles. The van der Waals surface area contributed by atoms with Gasteiger partial charge in [0.1, 0.15) is 0 Å². The van der Waals surface area contributed by atoms with E-state index >= 15 is 0 Å². The maximum absolute atomic E-state index is 12.9. The van der Waals surface area contributed by atoms with Gasteiger partial charge in [-0.15, -0.1) is 11.3 Å². The molecule has 0 saturated heterocycles. The lowest BCUT2D eigenvalue weighted by Crippen LogP contribution is -2.26. The molecule has 1 aliphatic rings. The summed E-state index contributed by atoms with van der Waals surface area (Å²) < 4.78 is 0. The van der Waals surface area contributed by atoms with Crippen molar-refractivity contribution in [1.29, 1.82) is 0 Å². The molecule has 0 bridgehead atoms. The number of carbonyl (C=O) groups excluding carboxylic acids is 2. The number of amides is 1. The van der Waals surface area contributed by atoms with Gasteiger partial charge in [-0.25, -0.2) is 4.99 Å². The molecule has 0 unspecified atom stereocenters. The minimum Gasteiger partial charge on any atom is -0.289 e. The van der Waals surface area contributed by atoms with Gasteiger partial charge in [-0.05, 0) is 46.5 Å². The average molecular weight is 369 g/mol. The van der Waals surface area contributed by atoms with E-state index in [0.717, 1.165) is 21.2 Å². The summed E-state index contributed by atoms with van der Waals surface area (Å²) in [4.78, 5) is 30.8. The smallest absolute Gasteiger partial charge is 0.282 e. The molecule has 0 fully saturated rings. The van der Waals surface area contributed by atoms with Gasteiger partial charge in [0.15, 0.2) is 5.78 Å². The normalized spacial score (nSPS) is 13.6. The lowest BCUT2D eigenvalue weighted by Gasteiger charge is -2.16. The molecule has 1 aliphatic heterocycles. The van der Waals surface area contributed by atoms with Crippen LogP contribution in [0.2, 0.25) is 0 Å². The Balaban J connectivity index is 1.93. The van der Waals surface area contributed by atoms with Crippen LogP contribution in [0.1, 0.15) is 16.0 Å². The zero-order chi connectivity index (χ0) is 18.8. The highest BCUT2D eigenvalue weighted by atomic mass is 32.1. The van der Waals surface area contributed by atoms with Crippen LogP contribution in [0.4, 0.5) is 0 Å². The van der Waals surface area contributed by atoms with E-state index in [1.807, 2.05) is 60.0 Å². The van der Waals surface area contributed by atoms with Crippen molar-refractivity contribution in [3.8, 4) is 0 Å². The Hall–Kier alpha value is -3.37. The number of allylic oxidation sites excluding steroid dienone is 1. The molecule has 2 aromatic carbocycles. The summed E-state index contributed by atoms with van der Waals surface area (Å²) in [5.41, 5.74) is 2.26. The van der Waals surface area contributed by atoms with Gasteiger partial charge >= 0.3 is 0 Å². The predicted molar refractivity (Wildman–Crippen MR) is 109 cm³/mol. The molecule has 1 aromatic heterocycles. The van der Waals surface area contributed by atoms with Crippen molar-refractivity contribution in [2.24, 2.45) is 4.99 Å². The van der Waals surface area contributed by atoms with E-state index < -0.39 is 5.91 Å². The van der Waals surface area contributed by atoms with Gasteiger partial charge in [0.2, 0.25) is 0 Å². The van der Waals surface area contributed by atoms with Crippen molar-refractivity contribution in [2.45, 2.75) is 0 Å². The molecule has 3 nitrogen and oxygen atoms in total. The van der Waals surface area contributed by atoms with E-state index in [2.05, 4.69) is 11.6 Å². The average Bonchev–Trinajstić information content (AvgIpc) is 3.20. The number of hydrogen-bond acceptors (Lipinski definition) is 3. The number of thiophene rings is 1. The van der Waals surface area contributed by atoms with Crippen molar-refractivity contribution >= 4 is 41.3 Å². The first kappa shape index (κ1) is 17.1. The molecule has 4 rings (SSSR count). The van der Waals surface area contributed by atoms with Crippen molar-refractivity contribution < 1.29 is 9.59 Å². The SMILES string of the molecule is C=c1ccc2c(c1)C(c1ccccc1)=C(C(=O)/C=C/c1cccs1)C(=O)N=2. The minimum absolute atomic E-state index is 0.0899. The number of benzene rings is 2. The Morgan fingerprint density at radius 1 is 1.04 bits per heavy atom. The Labute approximate surface area is 160 Å². The third-order valence-corrected chi connectivity index (χ3v) is 5.10. The monoisotopic (exact) mass is 369 g/mol. The second-order valence-corrected chi connectivity index (χ2v) is 7.08. The molecule has 130 valence electrons. The molecule has 0 spiro atoms. The van der Waals surface area contributed by atoms with Crippen LogP contribution in [-0.2, 0) is 9.59 Å². The number of nitrogens with zero attached hydrogens (tertiary/aromatic N) is 1. The highest BCUT2D eigenvalue weighted by Crippen LogP contribution is 2.28. The van der Waals surface area contributed by atoms with Crippen LogP contribution >= 0.6 is 11.3 Å². The van der Waals surface area contributed by atoms with Crippen LogP contribution in [0, 0.1) is 0 Å². The molecule has 27 heavy (non-hydrogen) atoms. The molecule has 0 N–H and O–H groups in total. The largest absolute Gasteiger partial charge is 0.289 e. The third-order valence-electron chi connectivity index (χ3n) is 4.27. The van der Waals surface area contributed by atoms with E-state index in [0.29, 0.717) is 10.9 Å². The summed E-state index contributed by atoms with van der Waals surface area (Å²) in [6.07, 6.45) is 3.17. The molecular weight excluding hydrogens is 354 g/mol. The fraction of sp³-hybridized carbons (Fsp3) is 0. The van der Waals surface area contributed by atoms with Gasteiger partial charge in [0.05, 0.1) is 10.9 Å². The van der Waals surface area contributed by atoms with Crippen molar-refractivity contribution in [2.75, 3.05) is 0 Å². The molecule has 0 radical (unpaired) electrons. The van der Waals surface area contributed by atoms with E-state index in [-0.39, 0.29) is 11.4 Å². The Morgan fingerprint density at radius 2 is 1.85 bits per heavy atom. The van der Waals surface area contributed by atoms with Gasteiger partial charge in [0, 0.05) is 16.0 Å². The van der Waals surface area contributed by atoms with Crippen LogP contribution < -0.4 is 10.6 Å². The van der Waals surface area contributed by atoms with Gasteiger partial charge in [-0.2, -0.15) is 0 Å². The molecular formula is C23H15NO2S. The van der Waals surface area contributed by atoms with Gasteiger partial charge in [-0.3, -0.25) is 9.59 Å². The first-order chi connectivity index (χ1) is 13.1. The van der Waals surface area contributed by atoms with Gasteiger partial charge in [0.25, 0.3) is 5.91 Å². The molecule has 0 saturated carbocycles. The molecule has 4 heteroatoms. The Kier molecular flexibility index (Phi) is 4.48. The molecule has 3 aromatic rings. The van der Waals surface area contributed by atoms with Crippen LogP contribution in [0.15, 0.2) is 82.7 Å². The van der Waals surface area contributed by atoms with Crippen LogP contribution in [0.5, 0.6) is 0 Å². The fourth-order valence-electron chi connectivity index (χ4n) is 3.05. The first-order valence-corrected chi connectivity index (χ1v) is 9.29. The summed E-state index contributed by atoms with van der Waals surface area (Å²) >= 11 is 1.53. The van der Waals surface area contributed by atoms with E-state index in [1.54, 1.807) is 12.1 Å². The summed E-state index contributed by atoms with van der Waals surface area (Å²) in [6, 6.07) is 18.7. The quantitative estimate of drug-likeness (QED) is 0.523. The highest BCUT2D eigenvalue weighted by molar-refractivity contribution is 7.10. The molecule has 1 amide bonds. The number of rotatable bonds is 4. The van der Waals surface area contributed by atoms with Crippen LogP contribution in [-0.4, -0.2) is 11.7 Å². The first-order valence-electron chi connectivity index (χ1n) is 8.41. The number of fused-ring (bicyclic) bond motifs is 1. The second-order valence-electron chi connectivity index (χ2n) is 6.10. The van der Waals surface area contributed by atoms with E-state index in [1.165, 1.54) is 17.4 Å². The standard InChI is InChI=1S/C23H15NO2S/c1-15-9-11-19-18(14-15)21(16-6-3-2-4-7-16)22(23(26)24-19)20(25)12-10-17-8-5-13-27-17/h2-14H,1H2/b12-10+. The lowest BCUT2D eigenvalue weighted by molar-refractivity contribution is -0.118. The number of hydrogen-bond donors (Lipinski definition) is 0. The van der Waals surface area contributed by atoms with Crippen LogP contribution in [0.25, 0.3) is 18.2 Å². The van der Waals surface area contributed by atoms with E-state index in [9.17, 15) is 9.59 Å². The van der Waals surface area contributed by atoms with E-state index in [4.69, 9.17) is 0 Å². The maximum atomic E-state index is 12.9. The maximum Gasteiger partial charge on any atom is 0.282 e. The third kappa shape index (κ3) is 3.35. The Bertz CT molecular complexity index is 1200. The topological polar surface area (TPSA) is 46.5 Å². The van der Waals surface area contributed by atoms with Gasteiger partial charge < -0.3 is 0 Å². The minimum atomic E-state index is -0.515. The van der Waals surface area contributed by atoms with Crippen LogP contribution in [0.3, 0.4) is 0 Å². The number of carbonyl (C=O) groups is 2. The van der Waals surface area contributed by atoms with Crippen molar-refractivity contribution in [3.63, 3.8) is 0 Å². The predicted octanol–water partition coefficient (Wildman–Crippen LogP) is 3.40. The molecule has 2 heterocycles. The zero-order valence-electron chi connectivity index (χ0n) is 14.4. The summed E-state index contributed by atoms with van der Waals surface area (Å²) in [5, 5.41) is 3.30.